The average molecular weight is 291 g/mol. The molecular formula is C15H12F3N3. The van der Waals surface area contributed by atoms with E-state index >= 15 is 0 Å². The van der Waals surface area contributed by atoms with E-state index in [1.807, 2.05) is 18.2 Å². The summed E-state index contributed by atoms with van der Waals surface area (Å²) in [7, 11) is 0. The van der Waals surface area contributed by atoms with Crippen molar-refractivity contribution < 1.29 is 13.2 Å². The van der Waals surface area contributed by atoms with Crippen LogP contribution in [0.5, 0.6) is 0 Å². The normalized spacial score (nSPS) is 24.3. The van der Waals surface area contributed by atoms with Crippen LogP contribution in [0.2, 0.25) is 0 Å². The first-order valence-electron chi connectivity index (χ1n) is 6.40. The molecule has 0 saturated carbocycles. The Bertz CT molecular complexity index is 684. The van der Waals surface area contributed by atoms with Gasteiger partial charge in [0.15, 0.2) is 5.84 Å². The van der Waals surface area contributed by atoms with Crippen molar-refractivity contribution in [2.24, 2.45) is 21.6 Å². The van der Waals surface area contributed by atoms with Crippen LogP contribution < -0.4 is 5.73 Å². The van der Waals surface area contributed by atoms with Crippen LogP contribution in [0, 0.1) is 5.92 Å². The number of amidine groups is 2. The van der Waals surface area contributed by atoms with E-state index in [2.05, 4.69) is 9.98 Å². The van der Waals surface area contributed by atoms with E-state index in [0.29, 0.717) is 0 Å². The SMILES string of the molecule is NC1=NC(c2ccccc2C(F)(F)F)=NC2C=CC=CC12. The van der Waals surface area contributed by atoms with Crippen LogP contribution in [0.3, 0.4) is 0 Å². The Morgan fingerprint density at radius 3 is 2.52 bits per heavy atom. The topological polar surface area (TPSA) is 50.7 Å². The molecule has 0 amide bonds. The second kappa shape index (κ2) is 4.87. The van der Waals surface area contributed by atoms with Crippen LogP contribution in [0.15, 0.2) is 58.6 Å². The van der Waals surface area contributed by atoms with Crippen molar-refractivity contribution >= 4 is 11.7 Å². The molecule has 2 aliphatic rings. The molecule has 1 heterocycles. The first kappa shape index (κ1) is 13.6. The second-order valence-electron chi connectivity index (χ2n) is 4.82. The number of nitrogens with zero attached hydrogens (tertiary/aromatic N) is 2. The van der Waals surface area contributed by atoms with Crippen molar-refractivity contribution in [2.75, 3.05) is 0 Å². The predicted molar refractivity (Wildman–Crippen MR) is 75.2 cm³/mol. The molecule has 2 unspecified atom stereocenters. The minimum Gasteiger partial charge on any atom is -0.387 e. The van der Waals surface area contributed by atoms with Gasteiger partial charge in [-0.2, -0.15) is 13.2 Å². The van der Waals surface area contributed by atoms with Crippen LogP contribution in [0.25, 0.3) is 0 Å². The molecule has 3 nitrogen and oxygen atoms in total. The van der Waals surface area contributed by atoms with Gasteiger partial charge < -0.3 is 5.73 Å². The fourth-order valence-corrected chi connectivity index (χ4v) is 2.41. The van der Waals surface area contributed by atoms with Crippen molar-refractivity contribution in [3.63, 3.8) is 0 Å². The van der Waals surface area contributed by atoms with Gasteiger partial charge in [-0.1, -0.05) is 42.5 Å². The summed E-state index contributed by atoms with van der Waals surface area (Å²) in [6, 6.07) is 4.95. The average Bonchev–Trinajstić information content (AvgIpc) is 2.46. The molecule has 3 rings (SSSR count). The molecule has 1 aliphatic carbocycles. The lowest BCUT2D eigenvalue weighted by molar-refractivity contribution is -0.137. The van der Waals surface area contributed by atoms with Gasteiger partial charge in [0, 0.05) is 5.56 Å². The Morgan fingerprint density at radius 2 is 1.76 bits per heavy atom. The molecule has 2 atom stereocenters. The Kier molecular flexibility index (Phi) is 3.16. The van der Waals surface area contributed by atoms with Gasteiger partial charge in [-0.05, 0) is 6.07 Å². The lowest BCUT2D eigenvalue weighted by atomic mass is 9.92. The Hall–Kier alpha value is -2.37. The molecule has 0 aromatic heterocycles. The van der Waals surface area contributed by atoms with E-state index in [-0.39, 0.29) is 29.2 Å². The molecule has 0 fully saturated rings. The number of nitrogens with two attached hydrogens (primary N) is 1. The Labute approximate surface area is 119 Å². The molecule has 0 bridgehead atoms. The van der Waals surface area contributed by atoms with Gasteiger partial charge in [0.1, 0.15) is 5.84 Å². The molecular weight excluding hydrogens is 279 g/mol. The number of benzene rings is 1. The summed E-state index contributed by atoms with van der Waals surface area (Å²) >= 11 is 0. The maximum absolute atomic E-state index is 13.1. The summed E-state index contributed by atoms with van der Waals surface area (Å²) in [6.07, 6.45) is 2.83. The quantitative estimate of drug-likeness (QED) is 0.849. The molecule has 6 heteroatoms. The number of hydrogen-bond acceptors (Lipinski definition) is 3. The van der Waals surface area contributed by atoms with Crippen molar-refractivity contribution in [3.8, 4) is 0 Å². The maximum atomic E-state index is 13.1. The summed E-state index contributed by atoms with van der Waals surface area (Å²) in [5, 5.41) is 0. The van der Waals surface area contributed by atoms with Crippen molar-refractivity contribution in [2.45, 2.75) is 12.2 Å². The van der Waals surface area contributed by atoms with E-state index in [0.717, 1.165) is 6.07 Å². The Morgan fingerprint density at radius 1 is 1.05 bits per heavy atom. The van der Waals surface area contributed by atoms with Crippen LogP contribution in [-0.2, 0) is 6.18 Å². The van der Waals surface area contributed by atoms with Crippen LogP contribution >= 0.6 is 0 Å². The number of fused-ring (bicyclic) bond motifs is 1. The molecule has 0 spiro atoms. The van der Waals surface area contributed by atoms with Gasteiger partial charge in [-0.3, -0.25) is 4.99 Å². The van der Waals surface area contributed by atoms with E-state index in [1.54, 1.807) is 6.08 Å². The predicted octanol–water partition coefficient (Wildman–Crippen LogP) is 2.93. The Balaban J connectivity index is 2.08. The molecule has 1 aliphatic heterocycles. The smallest absolute Gasteiger partial charge is 0.387 e. The van der Waals surface area contributed by atoms with E-state index in [1.165, 1.54) is 18.2 Å². The minimum absolute atomic E-state index is 0.0293. The van der Waals surface area contributed by atoms with Crippen LogP contribution in [-0.4, -0.2) is 17.7 Å². The fourth-order valence-electron chi connectivity index (χ4n) is 2.41. The van der Waals surface area contributed by atoms with E-state index in [9.17, 15) is 13.2 Å². The summed E-state index contributed by atoms with van der Waals surface area (Å²) in [6.45, 7) is 0. The number of alkyl halides is 3. The molecule has 1 aromatic rings. The molecule has 21 heavy (non-hydrogen) atoms. The summed E-state index contributed by atoms with van der Waals surface area (Å²) in [5.74, 6) is 0.126. The largest absolute Gasteiger partial charge is 0.417 e. The van der Waals surface area contributed by atoms with Crippen molar-refractivity contribution in [3.05, 3.63) is 59.7 Å². The third kappa shape index (κ3) is 2.49. The lowest BCUT2D eigenvalue weighted by Gasteiger charge is -2.25. The van der Waals surface area contributed by atoms with Gasteiger partial charge in [0.05, 0.1) is 17.5 Å². The minimum atomic E-state index is -4.46. The van der Waals surface area contributed by atoms with Gasteiger partial charge in [-0.15, -0.1) is 0 Å². The standard InChI is InChI=1S/C15H12F3N3/c16-15(17,18)11-7-3-1-5-9(11)14-20-12-8-4-2-6-10(12)13(19)21-14/h1-8,10,12H,(H2,19,20,21). The molecule has 2 N–H and O–H groups in total. The van der Waals surface area contributed by atoms with Crippen LogP contribution in [0.1, 0.15) is 11.1 Å². The van der Waals surface area contributed by atoms with Gasteiger partial charge in [-0.25, -0.2) is 4.99 Å². The summed E-state index contributed by atoms with van der Waals surface area (Å²) < 4.78 is 39.2. The third-order valence-electron chi connectivity index (χ3n) is 3.43. The van der Waals surface area contributed by atoms with Gasteiger partial charge >= 0.3 is 6.18 Å². The first-order chi connectivity index (χ1) is 9.97. The maximum Gasteiger partial charge on any atom is 0.417 e. The zero-order valence-electron chi connectivity index (χ0n) is 10.9. The zero-order valence-corrected chi connectivity index (χ0v) is 10.9. The highest BCUT2D eigenvalue weighted by Crippen LogP contribution is 2.33. The molecule has 0 radical (unpaired) electrons. The highest BCUT2D eigenvalue weighted by molar-refractivity contribution is 6.09. The number of aliphatic imine (C=N–C) groups is 2. The highest BCUT2D eigenvalue weighted by atomic mass is 19.4. The third-order valence-corrected chi connectivity index (χ3v) is 3.43. The van der Waals surface area contributed by atoms with Gasteiger partial charge in [0.2, 0.25) is 0 Å². The van der Waals surface area contributed by atoms with Crippen molar-refractivity contribution in [1.82, 2.24) is 0 Å². The highest BCUT2D eigenvalue weighted by Gasteiger charge is 2.35. The van der Waals surface area contributed by atoms with Gasteiger partial charge in [0.25, 0.3) is 0 Å². The zero-order chi connectivity index (χ0) is 15.0. The van der Waals surface area contributed by atoms with Crippen molar-refractivity contribution in [1.29, 1.82) is 0 Å². The van der Waals surface area contributed by atoms with Crippen LogP contribution in [0.4, 0.5) is 13.2 Å². The number of halogens is 3. The number of rotatable bonds is 1. The monoisotopic (exact) mass is 291 g/mol. The van der Waals surface area contributed by atoms with E-state index < -0.39 is 11.7 Å². The number of allylic oxidation sites excluding steroid dienone is 2. The molecule has 0 saturated heterocycles. The summed E-state index contributed by atoms with van der Waals surface area (Å²) in [4.78, 5) is 8.38. The fraction of sp³-hybridized carbons (Fsp3) is 0.200. The first-order valence-corrected chi connectivity index (χ1v) is 6.40. The number of hydrogen-bond donors (Lipinski definition) is 1. The second-order valence-corrected chi connectivity index (χ2v) is 4.82. The molecule has 1 aromatic carbocycles. The summed E-state index contributed by atoms with van der Waals surface area (Å²) in [5.41, 5.74) is 5.08. The van der Waals surface area contributed by atoms with E-state index in [4.69, 9.17) is 5.73 Å². The lowest BCUT2D eigenvalue weighted by Crippen LogP contribution is -2.36. The molecule has 108 valence electrons.